The molecule has 7 heteroatoms. The normalized spacial score (nSPS) is 10.4. The van der Waals surface area contributed by atoms with E-state index in [4.69, 9.17) is 4.74 Å². The van der Waals surface area contributed by atoms with E-state index in [1.165, 1.54) is 10.6 Å². The van der Waals surface area contributed by atoms with E-state index in [9.17, 15) is 14.4 Å². The predicted molar refractivity (Wildman–Crippen MR) is 104 cm³/mol. The smallest absolute Gasteiger partial charge is 0.251 e. The third-order valence-corrected chi connectivity index (χ3v) is 3.85. The highest BCUT2D eigenvalue weighted by Gasteiger charge is 2.08. The van der Waals surface area contributed by atoms with E-state index >= 15 is 0 Å². The fourth-order valence-electron chi connectivity index (χ4n) is 2.42. The van der Waals surface area contributed by atoms with Crippen LogP contribution in [0, 0.1) is 6.92 Å². The van der Waals surface area contributed by atoms with Crippen molar-refractivity contribution in [1.29, 1.82) is 0 Å². The average molecular weight is 371 g/mol. The highest BCUT2D eigenvalue weighted by molar-refractivity contribution is 5.95. The lowest BCUT2D eigenvalue weighted by atomic mass is 10.2. The number of benzene rings is 1. The van der Waals surface area contributed by atoms with Gasteiger partial charge in [0, 0.05) is 43.3 Å². The van der Waals surface area contributed by atoms with E-state index in [-0.39, 0.29) is 23.9 Å². The number of amides is 2. The molecule has 0 atom stereocenters. The lowest BCUT2D eigenvalue weighted by Gasteiger charge is -2.09. The molecule has 0 aliphatic carbocycles. The molecule has 0 bridgehead atoms. The molecule has 2 rings (SSSR count). The third kappa shape index (κ3) is 6.71. The molecule has 0 aliphatic rings. The van der Waals surface area contributed by atoms with Gasteiger partial charge in [-0.1, -0.05) is 0 Å². The molecule has 2 N–H and O–H groups in total. The first-order valence-corrected chi connectivity index (χ1v) is 8.92. The van der Waals surface area contributed by atoms with Crippen LogP contribution in [-0.2, 0) is 16.1 Å². The molecule has 2 amide bonds. The van der Waals surface area contributed by atoms with Crippen molar-refractivity contribution in [2.45, 2.75) is 26.8 Å². The molecule has 0 aliphatic heterocycles. The number of hydrogen-bond donors (Lipinski definition) is 2. The zero-order valence-electron chi connectivity index (χ0n) is 15.7. The number of nitrogens with one attached hydrogen (secondary N) is 2. The van der Waals surface area contributed by atoms with Crippen LogP contribution in [0.2, 0.25) is 0 Å². The minimum Gasteiger partial charge on any atom is -0.382 e. The monoisotopic (exact) mass is 371 g/mol. The predicted octanol–water partition coefficient (Wildman–Crippen LogP) is 1.95. The number of carbonyl (C=O) groups excluding carboxylic acids is 2. The SMILES string of the molecule is CCOCCCNC(=O)c1ccc(NC(=O)Cn2ccc(C)cc2=O)cc1. The van der Waals surface area contributed by atoms with Crippen LogP contribution in [0.3, 0.4) is 0 Å². The Hall–Kier alpha value is -2.93. The second-order valence-electron chi connectivity index (χ2n) is 6.10. The topological polar surface area (TPSA) is 89.4 Å². The quantitative estimate of drug-likeness (QED) is 0.660. The van der Waals surface area contributed by atoms with Gasteiger partial charge in [-0.25, -0.2) is 0 Å². The first kappa shape index (κ1) is 20.4. The van der Waals surface area contributed by atoms with Gasteiger partial charge in [0.25, 0.3) is 11.5 Å². The summed E-state index contributed by atoms with van der Waals surface area (Å²) in [5.74, 6) is -0.482. The molecule has 0 saturated carbocycles. The molecule has 0 unspecified atom stereocenters. The molecule has 144 valence electrons. The van der Waals surface area contributed by atoms with Gasteiger partial charge in [0.1, 0.15) is 6.54 Å². The Balaban J connectivity index is 1.84. The van der Waals surface area contributed by atoms with Crippen molar-refractivity contribution >= 4 is 17.5 Å². The molecule has 1 heterocycles. The number of aromatic nitrogens is 1. The Morgan fingerprint density at radius 3 is 2.56 bits per heavy atom. The van der Waals surface area contributed by atoms with E-state index in [2.05, 4.69) is 10.6 Å². The summed E-state index contributed by atoms with van der Waals surface area (Å²) < 4.78 is 6.56. The maximum Gasteiger partial charge on any atom is 0.251 e. The van der Waals surface area contributed by atoms with Crippen LogP contribution in [0.15, 0.2) is 47.4 Å². The summed E-state index contributed by atoms with van der Waals surface area (Å²) in [5, 5.41) is 5.53. The number of rotatable bonds is 9. The molecule has 27 heavy (non-hydrogen) atoms. The van der Waals surface area contributed by atoms with Crippen molar-refractivity contribution in [3.8, 4) is 0 Å². The maximum atomic E-state index is 12.1. The van der Waals surface area contributed by atoms with Crippen LogP contribution >= 0.6 is 0 Å². The minimum absolute atomic E-state index is 0.0683. The summed E-state index contributed by atoms with van der Waals surface area (Å²) in [6, 6.07) is 9.86. The van der Waals surface area contributed by atoms with Gasteiger partial charge in [-0.3, -0.25) is 14.4 Å². The summed E-state index contributed by atoms with van der Waals surface area (Å²) in [5.41, 5.74) is 1.71. The van der Waals surface area contributed by atoms with Gasteiger partial charge in [-0.15, -0.1) is 0 Å². The van der Waals surface area contributed by atoms with Gasteiger partial charge in [-0.05, 0) is 56.2 Å². The Morgan fingerprint density at radius 2 is 1.89 bits per heavy atom. The van der Waals surface area contributed by atoms with Crippen molar-refractivity contribution in [1.82, 2.24) is 9.88 Å². The standard InChI is InChI=1S/C20H25N3O4/c1-3-27-12-4-10-21-20(26)16-5-7-17(8-6-16)22-18(24)14-23-11-9-15(2)13-19(23)25/h5-9,11,13H,3-4,10,12,14H2,1-2H3,(H,21,26)(H,22,24). The highest BCUT2D eigenvalue weighted by atomic mass is 16.5. The van der Waals surface area contributed by atoms with Crippen LogP contribution in [-0.4, -0.2) is 36.1 Å². The number of carbonyl (C=O) groups is 2. The van der Waals surface area contributed by atoms with Crippen LogP contribution < -0.4 is 16.2 Å². The van der Waals surface area contributed by atoms with Crippen LogP contribution in [0.25, 0.3) is 0 Å². The van der Waals surface area contributed by atoms with Gasteiger partial charge in [0.15, 0.2) is 0 Å². The number of nitrogens with zero attached hydrogens (tertiary/aromatic N) is 1. The fraction of sp³-hybridized carbons (Fsp3) is 0.350. The Labute approximate surface area is 158 Å². The number of aryl methyl sites for hydroxylation is 1. The molecule has 2 aromatic rings. The second-order valence-corrected chi connectivity index (χ2v) is 6.10. The first-order chi connectivity index (χ1) is 13.0. The lowest BCUT2D eigenvalue weighted by molar-refractivity contribution is -0.116. The molecule has 7 nitrogen and oxygen atoms in total. The summed E-state index contributed by atoms with van der Waals surface area (Å²) >= 11 is 0. The lowest BCUT2D eigenvalue weighted by Crippen LogP contribution is -2.27. The van der Waals surface area contributed by atoms with Crippen molar-refractivity contribution in [3.63, 3.8) is 0 Å². The zero-order valence-corrected chi connectivity index (χ0v) is 15.7. The van der Waals surface area contributed by atoms with E-state index in [0.717, 1.165) is 12.0 Å². The summed E-state index contributed by atoms with van der Waals surface area (Å²) in [6.07, 6.45) is 2.35. The summed E-state index contributed by atoms with van der Waals surface area (Å²) in [6.45, 7) is 5.51. The van der Waals surface area contributed by atoms with Crippen molar-refractivity contribution in [2.24, 2.45) is 0 Å². The molecule has 1 aromatic heterocycles. The average Bonchev–Trinajstić information content (AvgIpc) is 2.64. The molecule has 0 radical (unpaired) electrons. The number of ether oxygens (including phenoxy) is 1. The first-order valence-electron chi connectivity index (χ1n) is 8.92. The Bertz CT molecular complexity index is 828. The van der Waals surface area contributed by atoms with E-state index in [1.807, 2.05) is 13.8 Å². The second kappa shape index (κ2) is 10.3. The number of pyridine rings is 1. The van der Waals surface area contributed by atoms with E-state index < -0.39 is 0 Å². The molecular formula is C20H25N3O4. The van der Waals surface area contributed by atoms with Crippen molar-refractivity contribution in [2.75, 3.05) is 25.1 Å². The third-order valence-electron chi connectivity index (χ3n) is 3.85. The number of hydrogen-bond acceptors (Lipinski definition) is 4. The zero-order chi connectivity index (χ0) is 19.6. The molecule has 1 aromatic carbocycles. The van der Waals surface area contributed by atoms with Crippen LogP contribution in [0.1, 0.15) is 29.3 Å². The van der Waals surface area contributed by atoms with Gasteiger partial charge >= 0.3 is 0 Å². The highest BCUT2D eigenvalue weighted by Crippen LogP contribution is 2.09. The maximum absolute atomic E-state index is 12.1. The molecule has 0 fully saturated rings. The van der Waals surface area contributed by atoms with Crippen molar-refractivity contribution < 1.29 is 14.3 Å². The Morgan fingerprint density at radius 1 is 1.15 bits per heavy atom. The van der Waals surface area contributed by atoms with Gasteiger partial charge < -0.3 is 19.9 Å². The minimum atomic E-state index is -0.311. The van der Waals surface area contributed by atoms with Crippen LogP contribution in [0.4, 0.5) is 5.69 Å². The summed E-state index contributed by atoms with van der Waals surface area (Å²) in [7, 11) is 0. The number of anilines is 1. The van der Waals surface area contributed by atoms with E-state index in [1.54, 1.807) is 36.5 Å². The van der Waals surface area contributed by atoms with E-state index in [0.29, 0.717) is 31.0 Å². The van der Waals surface area contributed by atoms with Gasteiger partial charge in [-0.2, -0.15) is 0 Å². The fourth-order valence-corrected chi connectivity index (χ4v) is 2.42. The van der Waals surface area contributed by atoms with Gasteiger partial charge in [0.2, 0.25) is 5.91 Å². The summed E-state index contributed by atoms with van der Waals surface area (Å²) in [4.78, 5) is 36.0. The largest absolute Gasteiger partial charge is 0.382 e. The Kier molecular flexibility index (Phi) is 7.76. The van der Waals surface area contributed by atoms with Crippen molar-refractivity contribution in [3.05, 3.63) is 64.1 Å². The van der Waals surface area contributed by atoms with Gasteiger partial charge in [0.05, 0.1) is 0 Å². The molecule has 0 spiro atoms. The molecule has 0 saturated heterocycles. The molecular weight excluding hydrogens is 346 g/mol. The van der Waals surface area contributed by atoms with Crippen LogP contribution in [0.5, 0.6) is 0 Å².